The average molecular weight is 322 g/mol. The highest BCUT2D eigenvalue weighted by Gasteiger charge is 2.18. The highest BCUT2D eigenvalue weighted by Crippen LogP contribution is 2.23. The zero-order valence-electron chi connectivity index (χ0n) is 9.77. The molecule has 1 aromatic rings. The molecule has 0 spiro atoms. The molecule has 6 heteroatoms. The maximum absolute atomic E-state index is 12.0. The number of hydrogen-bond donors (Lipinski definition) is 2. The van der Waals surface area contributed by atoms with Crippen LogP contribution in [0.4, 0.5) is 0 Å². The first-order chi connectivity index (χ1) is 7.86. The lowest BCUT2D eigenvalue weighted by Gasteiger charge is -2.11. The lowest BCUT2D eigenvalue weighted by atomic mass is 10.2. The second-order valence-electron chi connectivity index (χ2n) is 4.17. The van der Waals surface area contributed by atoms with Crippen LogP contribution in [0.1, 0.15) is 19.4 Å². The van der Waals surface area contributed by atoms with Crippen LogP contribution in [0, 0.1) is 5.92 Å². The largest absolute Gasteiger partial charge is 0.392 e. The van der Waals surface area contributed by atoms with Crippen molar-refractivity contribution in [2.45, 2.75) is 25.3 Å². The Morgan fingerprint density at radius 1 is 1.41 bits per heavy atom. The van der Waals surface area contributed by atoms with Crippen LogP contribution in [-0.2, 0) is 16.6 Å². The molecule has 1 rings (SSSR count). The monoisotopic (exact) mass is 321 g/mol. The first kappa shape index (κ1) is 14.6. The standard InChI is InChI=1S/C11H16BrNO3S/c1-8(2)6-13-17(15,16)11-5-9(7-14)3-4-10(11)12/h3-5,8,13-14H,6-7H2,1-2H3. The van der Waals surface area contributed by atoms with E-state index in [1.165, 1.54) is 6.07 Å². The van der Waals surface area contributed by atoms with Crippen molar-refractivity contribution in [3.05, 3.63) is 28.2 Å². The van der Waals surface area contributed by atoms with Crippen LogP contribution in [-0.4, -0.2) is 20.1 Å². The molecule has 0 radical (unpaired) electrons. The van der Waals surface area contributed by atoms with Gasteiger partial charge in [-0.25, -0.2) is 13.1 Å². The molecule has 0 atom stereocenters. The summed E-state index contributed by atoms with van der Waals surface area (Å²) in [6, 6.07) is 4.76. The number of aliphatic hydroxyl groups excluding tert-OH is 1. The van der Waals surface area contributed by atoms with E-state index in [1.807, 2.05) is 13.8 Å². The summed E-state index contributed by atoms with van der Waals surface area (Å²) in [5, 5.41) is 9.01. The molecule has 0 unspecified atom stereocenters. The Morgan fingerprint density at radius 3 is 2.59 bits per heavy atom. The predicted molar refractivity (Wildman–Crippen MR) is 70.1 cm³/mol. The van der Waals surface area contributed by atoms with E-state index in [1.54, 1.807) is 12.1 Å². The normalized spacial score (nSPS) is 12.1. The Labute approximate surface area is 110 Å². The molecule has 0 aliphatic carbocycles. The summed E-state index contributed by atoms with van der Waals surface area (Å²) in [6.45, 7) is 4.07. The van der Waals surface area contributed by atoms with Gasteiger partial charge >= 0.3 is 0 Å². The van der Waals surface area contributed by atoms with Crippen molar-refractivity contribution in [3.8, 4) is 0 Å². The molecule has 0 amide bonds. The fourth-order valence-electron chi connectivity index (χ4n) is 1.21. The Hall–Kier alpha value is -0.430. The number of hydrogen-bond acceptors (Lipinski definition) is 3. The van der Waals surface area contributed by atoms with Crippen LogP contribution < -0.4 is 4.72 Å². The fourth-order valence-corrected chi connectivity index (χ4v) is 3.43. The summed E-state index contributed by atoms with van der Waals surface area (Å²) in [4.78, 5) is 0.157. The minimum atomic E-state index is -3.53. The summed E-state index contributed by atoms with van der Waals surface area (Å²) < 4.78 is 27.0. The van der Waals surface area contributed by atoms with Gasteiger partial charge in [-0.1, -0.05) is 19.9 Å². The first-order valence-electron chi connectivity index (χ1n) is 5.25. The van der Waals surface area contributed by atoms with Crippen LogP contribution in [0.25, 0.3) is 0 Å². The molecule has 0 saturated heterocycles. The van der Waals surface area contributed by atoms with Gasteiger partial charge in [0.05, 0.1) is 11.5 Å². The Balaban J connectivity index is 3.05. The molecule has 0 aliphatic rings. The minimum Gasteiger partial charge on any atom is -0.392 e. The van der Waals surface area contributed by atoms with Gasteiger partial charge in [-0.05, 0) is 39.5 Å². The van der Waals surface area contributed by atoms with Gasteiger partial charge in [0.25, 0.3) is 0 Å². The summed E-state index contributed by atoms with van der Waals surface area (Å²) in [5.74, 6) is 0.240. The number of halogens is 1. The zero-order chi connectivity index (χ0) is 13.1. The molecule has 96 valence electrons. The SMILES string of the molecule is CC(C)CNS(=O)(=O)c1cc(CO)ccc1Br. The smallest absolute Gasteiger partial charge is 0.241 e. The summed E-state index contributed by atoms with van der Waals surface area (Å²) in [6.07, 6.45) is 0. The topological polar surface area (TPSA) is 66.4 Å². The van der Waals surface area contributed by atoms with E-state index >= 15 is 0 Å². The van der Waals surface area contributed by atoms with Gasteiger partial charge in [-0.3, -0.25) is 0 Å². The van der Waals surface area contributed by atoms with E-state index < -0.39 is 10.0 Å². The number of sulfonamides is 1. The average Bonchev–Trinajstić information content (AvgIpc) is 2.27. The van der Waals surface area contributed by atoms with Gasteiger partial charge in [-0.2, -0.15) is 0 Å². The molecule has 0 saturated carbocycles. The van der Waals surface area contributed by atoms with Crippen molar-refractivity contribution in [1.82, 2.24) is 4.72 Å². The maximum atomic E-state index is 12.0. The molecule has 0 bridgehead atoms. The molecule has 4 nitrogen and oxygen atoms in total. The minimum absolute atomic E-state index is 0.157. The third-order valence-corrected chi connectivity index (χ3v) is 4.57. The third kappa shape index (κ3) is 4.06. The molecule has 17 heavy (non-hydrogen) atoms. The molecule has 2 N–H and O–H groups in total. The highest BCUT2D eigenvalue weighted by atomic mass is 79.9. The highest BCUT2D eigenvalue weighted by molar-refractivity contribution is 9.10. The quantitative estimate of drug-likeness (QED) is 0.870. The van der Waals surface area contributed by atoms with Gasteiger partial charge < -0.3 is 5.11 Å². The van der Waals surface area contributed by atoms with Crippen molar-refractivity contribution < 1.29 is 13.5 Å². The summed E-state index contributed by atoms with van der Waals surface area (Å²) >= 11 is 3.20. The molecular weight excluding hydrogens is 306 g/mol. The summed E-state index contributed by atoms with van der Waals surface area (Å²) in [5.41, 5.74) is 0.568. The number of nitrogens with one attached hydrogen (secondary N) is 1. The Kier molecular flexibility index (Phi) is 5.12. The van der Waals surface area contributed by atoms with Crippen LogP contribution in [0.2, 0.25) is 0 Å². The molecule has 0 aromatic heterocycles. The first-order valence-corrected chi connectivity index (χ1v) is 7.53. The molecule has 0 aliphatic heterocycles. The third-order valence-electron chi connectivity index (χ3n) is 2.15. The maximum Gasteiger partial charge on any atom is 0.241 e. The zero-order valence-corrected chi connectivity index (χ0v) is 12.2. The van der Waals surface area contributed by atoms with Crippen molar-refractivity contribution in [1.29, 1.82) is 0 Å². The van der Waals surface area contributed by atoms with E-state index in [0.717, 1.165) is 0 Å². The van der Waals surface area contributed by atoms with E-state index in [2.05, 4.69) is 20.7 Å². The van der Waals surface area contributed by atoms with E-state index in [0.29, 0.717) is 16.6 Å². The van der Waals surface area contributed by atoms with Gasteiger partial charge in [0.2, 0.25) is 10.0 Å². The molecular formula is C11H16BrNO3S. The van der Waals surface area contributed by atoms with Crippen LogP contribution in [0.5, 0.6) is 0 Å². The van der Waals surface area contributed by atoms with E-state index in [-0.39, 0.29) is 17.4 Å². The van der Waals surface area contributed by atoms with Crippen molar-refractivity contribution in [2.24, 2.45) is 5.92 Å². The predicted octanol–water partition coefficient (Wildman–Crippen LogP) is 1.88. The Bertz CT molecular complexity index is 485. The van der Waals surface area contributed by atoms with Crippen LogP contribution >= 0.6 is 15.9 Å². The Morgan fingerprint density at radius 2 is 2.06 bits per heavy atom. The molecule has 0 heterocycles. The summed E-state index contributed by atoms with van der Waals surface area (Å²) in [7, 11) is -3.53. The van der Waals surface area contributed by atoms with Crippen LogP contribution in [0.3, 0.4) is 0 Å². The van der Waals surface area contributed by atoms with Gasteiger partial charge in [0, 0.05) is 11.0 Å². The lowest BCUT2D eigenvalue weighted by Crippen LogP contribution is -2.27. The van der Waals surface area contributed by atoms with Gasteiger partial charge in [0.15, 0.2) is 0 Å². The van der Waals surface area contributed by atoms with Crippen LogP contribution in [0.15, 0.2) is 27.6 Å². The fraction of sp³-hybridized carbons (Fsp3) is 0.455. The van der Waals surface area contributed by atoms with Crippen molar-refractivity contribution in [3.63, 3.8) is 0 Å². The number of benzene rings is 1. The molecule has 0 fully saturated rings. The van der Waals surface area contributed by atoms with Gasteiger partial charge in [-0.15, -0.1) is 0 Å². The number of rotatable bonds is 5. The van der Waals surface area contributed by atoms with Gasteiger partial charge in [0.1, 0.15) is 0 Å². The second kappa shape index (κ2) is 5.95. The second-order valence-corrected chi connectivity index (χ2v) is 6.76. The van der Waals surface area contributed by atoms with E-state index in [9.17, 15) is 8.42 Å². The lowest BCUT2D eigenvalue weighted by molar-refractivity contribution is 0.281. The number of aliphatic hydroxyl groups is 1. The van der Waals surface area contributed by atoms with Crippen molar-refractivity contribution in [2.75, 3.05) is 6.54 Å². The molecule has 1 aromatic carbocycles. The van der Waals surface area contributed by atoms with E-state index in [4.69, 9.17) is 5.11 Å². The van der Waals surface area contributed by atoms with Crippen molar-refractivity contribution >= 4 is 26.0 Å².